The summed E-state index contributed by atoms with van der Waals surface area (Å²) in [6.45, 7) is 3.77. The molecule has 0 aliphatic heterocycles. The number of benzene rings is 2. The van der Waals surface area contributed by atoms with Crippen LogP contribution in [0.5, 0.6) is 5.75 Å². The maximum atomic E-state index is 12.3. The topological polar surface area (TPSA) is 113 Å². The molecule has 25 heavy (non-hydrogen) atoms. The highest BCUT2D eigenvalue weighted by Gasteiger charge is 2.14. The van der Waals surface area contributed by atoms with Crippen LogP contribution in [0.3, 0.4) is 0 Å². The van der Waals surface area contributed by atoms with Gasteiger partial charge in [0.2, 0.25) is 0 Å². The van der Waals surface area contributed by atoms with Crippen LogP contribution in [0.25, 0.3) is 0 Å². The Labute approximate surface area is 143 Å². The summed E-state index contributed by atoms with van der Waals surface area (Å²) in [5, 5.41) is 20.6. The van der Waals surface area contributed by atoms with Crippen molar-refractivity contribution in [3.63, 3.8) is 0 Å². The van der Waals surface area contributed by atoms with Gasteiger partial charge in [-0.1, -0.05) is 0 Å². The van der Waals surface area contributed by atoms with Crippen LogP contribution in [0.4, 0.5) is 5.69 Å². The molecular formula is C18H17NO6. The number of rotatable bonds is 6. The van der Waals surface area contributed by atoms with Crippen molar-refractivity contribution in [1.29, 1.82) is 0 Å². The van der Waals surface area contributed by atoms with E-state index in [1.807, 2.05) is 13.8 Å². The van der Waals surface area contributed by atoms with Crippen LogP contribution in [-0.2, 0) is 0 Å². The van der Waals surface area contributed by atoms with Gasteiger partial charge in [-0.15, -0.1) is 0 Å². The smallest absolute Gasteiger partial charge is 0.335 e. The number of anilines is 1. The molecule has 3 N–H and O–H groups in total. The van der Waals surface area contributed by atoms with E-state index >= 15 is 0 Å². The van der Waals surface area contributed by atoms with Crippen molar-refractivity contribution in [3.05, 3.63) is 59.2 Å². The summed E-state index contributed by atoms with van der Waals surface area (Å²) in [6.07, 6.45) is 0.00729. The van der Waals surface area contributed by atoms with Gasteiger partial charge in [-0.3, -0.25) is 4.79 Å². The minimum atomic E-state index is -1.28. The third-order valence-electron chi connectivity index (χ3n) is 3.17. The van der Waals surface area contributed by atoms with Gasteiger partial charge >= 0.3 is 11.9 Å². The number of amides is 1. The third kappa shape index (κ3) is 4.81. The number of carbonyl (C=O) groups excluding carboxylic acids is 1. The number of aromatic carboxylic acids is 2. The lowest BCUT2D eigenvalue weighted by Gasteiger charge is -2.11. The Morgan fingerprint density at radius 2 is 1.40 bits per heavy atom. The van der Waals surface area contributed by atoms with Gasteiger partial charge < -0.3 is 20.3 Å². The highest BCUT2D eigenvalue weighted by molar-refractivity contribution is 6.05. The molecule has 0 aromatic heterocycles. The molecule has 2 rings (SSSR count). The SMILES string of the molecule is CC(C)Oc1ccc(C(=O)Nc2cc(C(=O)O)cc(C(=O)O)c2)cc1. The molecule has 0 aliphatic carbocycles. The van der Waals surface area contributed by atoms with Crippen LogP contribution in [0.15, 0.2) is 42.5 Å². The van der Waals surface area contributed by atoms with E-state index < -0.39 is 17.8 Å². The number of hydrogen-bond donors (Lipinski definition) is 3. The second-order valence-electron chi connectivity index (χ2n) is 5.55. The summed E-state index contributed by atoms with van der Waals surface area (Å²) < 4.78 is 5.49. The minimum Gasteiger partial charge on any atom is -0.491 e. The van der Waals surface area contributed by atoms with Gasteiger partial charge in [-0.05, 0) is 56.3 Å². The molecule has 0 saturated heterocycles. The van der Waals surface area contributed by atoms with E-state index in [9.17, 15) is 14.4 Å². The number of carboxylic acids is 2. The summed E-state index contributed by atoms with van der Waals surface area (Å²) in [6, 6.07) is 9.83. The van der Waals surface area contributed by atoms with Crippen LogP contribution in [0, 0.1) is 0 Å². The van der Waals surface area contributed by atoms with Crippen LogP contribution in [-0.4, -0.2) is 34.2 Å². The molecule has 0 unspecified atom stereocenters. The van der Waals surface area contributed by atoms with Crippen molar-refractivity contribution < 1.29 is 29.3 Å². The quantitative estimate of drug-likeness (QED) is 0.743. The molecule has 0 saturated carbocycles. The minimum absolute atomic E-state index is 0.00729. The third-order valence-corrected chi connectivity index (χ3v) is 3.17. The lowest BCUT2D eigenvalue weighted by atomic mass is 10.1. The van der Waals surface area contributed by atoms with Crippen LogP contribution < -0.4 is 10.1 Å². The largest absolute Gasteiger partial charge is 0.491 e. The first-order valence-corrected chi connectivity index (χ1v) is 7.46. The van der Waals surface area contributed by atoms with Gasteiger partial charge in [0.25, 0.3) is 5.91 Å². The molecule has 0 atom stereocenters. The summed E-state index contributed by atoms with van der Waals surface area (Å²) in [5.74, 6) is -2.44. The van der Waals surface area contributed by atoms with E-state index in [4.69, 9.17) is 14.9 Å². The second-order valence-corrected chi connectivity index (χ2v) is 5.55. The Balaban J connectivity index is 2.22. The van der Waals surface area contributed by atoms with Crippen LogP contribution in [0.1, 0.15) is 44.9 Å². The fraction of sp³-hybridized carbons (Fsp3) is 0.167. The normalized spacial score (nSPS) is 10.4. The average Bonchev–Trinajstić information content (AvgIpc) is 2.54. The van der Waals surface area contributed by atoms with E-state index in [2.05, 4.69) is 5.32 Å². The first-order chi connectivity index (χ1) is 11.8. The fourth-order valence-electron chi connectivity index (χ4n) is 2.11. The van der Waals surface area contributed by atoms with Crippen molar-refractivity contribution in [2.45, 2.75) is 20.0 Å². The van der Waals surface area contributed by atoms with Gasteiger partial charge in [0.05, 0.1) is 17.2 Å². The van der Waals surface area contributed by atoms with Crippen molar-refractivity contribution in [2.75, 3.05) is 5.32 Å². The molecule has 1 amide bonds. The van der Waals surface area contributed by atoms with E-state index in [-0.39, 0.29) is 22.9 Å². The molecular weight excluding hydrogens is 326 g/mol. The van der Waals surface area contributed by atoms with E-state index in [1.54, 1.807) is 24.3 Å². The Bertz CT molecular complexity index is 779. The molecule has 7 heteroatoms. The molecule has 0 heterocycles. The van der Waals surface area contributed by atoms with Gasteiger partial charge in [0.1, 0.15) is 5.75 Å². The van der Waals surface area contributed by atoms with Crippen molar-refractivity contribution in [3.8, 4) is 5.75 Å². The zero-order valence-corrected chi connectivity index (χ0v) is 13.6. The predicted molar refractivity (Wildman–Crippen MR) is 90.5 cm³/mol. The van der Waals surface area contributed by atoms with Crippen LogP contribution in [0.2, 0.25) is 0 Å². The maximum absolute atomic E-state index is 12.3. The van der Waals surface area contributed by atoms with E-state index in [0.29, 0.717) is 11.3 Å². The Morgan fingerprint density at radius 3 is 1.84 bits per heavy atom. The van der Waals surface area contributed by atoms with E-state index in [0.717, 1.165) is 6.07 Å². The number of carboxylic acid groups (broad SMARTS) is 2. The molecule has 0 radical (unpaired) electrons. The monoisotopic (exact) mass is 343 g/mol. The Hall–Kier alpha value is -3.35. The standard InChI is InChI=1S/C18H17NO6/c1-10(2)25-15-5-3-11(4-6-15)16(20)19-14-8-12(17(21)22)7-13(9-14)18(23)24/h3-10H,1-2H3,(H,19,20)(H,21,22)(H,23,24). The second kappa shape index (κ2) is 7.48. The number of hydrogen-bond acceptors (Lipinski definition) is 4. The number of ether oxygens (including phenoxy) is 1. The molecule has 130 valence electrons. The van der Waals surface area contributed by atoms with Gasteiger partial charge in [0, 0.05) is 11.3 Å². The maximum Gasteiger partial charge on any atom is 0.335 e. The average molecular weight is 343 g/mol. The summed E-state index contributed by atoms with van der Waals surface area (Å²) in [4.78, 5) is 34.4. The van der Waals surface area contributed by atoms with Crippen molar-refractivity contribution >= 4 is 23.5 Å². The fourth-order valence-corrected chi connectivity index (χ4v) is 2.11. The van der Waals surface area contributed by atoms with Crippen molar-refractivity contribution in [2.24, 2.45) is 0 Å². The van der Waals surface area contributed by atoms with Gasteiger partial charge in [-0.25, -0.2) is 9.59 Å². The highest BCUT2D eigenvalue weighted by Crippen LogP contribution is 2.18. The van der Waals surface area contributed by atoms with Gasteiger partial charge in [0.15, 0.2) is 0 Å². The first-order valence-electron chi connectivity index (χ1n) is 7.46. The van der Waals surface area contributed by atoms with Gasteiger partial charge in [-0.2, -0.15) is 0 Å². The Morgan fingerprint density at radius 1 is 0.880 bits per heavy atom. The highest BCUT2D eigenvalue weighted by atomic mass is 16.5. The molecule has 0 spiro atoms. The number of carbonyl (C=O) groups is 3. The summed E-state index contributed by atoms with van der Waals surface area (Å²) in [5.41, 5.74) is -0.0368. The first kappa shape index (κ1) is 18.0. The van der Waals surface area contributed by atoms with E-state index in [1.165, 1.54) is 12.1 Å². The summed E-state index contributed by atoms with van der Waals surface area (Å²) in [7, 11) is 0. The zero-order valence-electron chi connectivity index (χ0n) is 13.6. The molecule has 2 aromatic rings. The molecule has 0 bridgehead atoms. The zero-order chi connectivity index (χ0) is 18.6. The molecule has 7 nitrogen and oxygen atoms in total. The lowest BCUT2D eigenvalue weighted by Crippen LogP contribution is -2.14. The molecule has 0 aliphatic rings. The molecule has 2 aromatic carbocycles. The number of nitrogens with one attached hydrogen (secondary N) is 1. The van der Waals surface area contributed by atoms with Crippen molar-refractivity contribution in [1.82, 2.24) is 0 Å². The Kier molecular flexibility index (Phi) is 5.38. The van der Waals surface area contributed by atoms with Crippen LogP contribution >= 0.6 is 0 Å². The lowest BCUT2D eigenvalue weighted by molar-refractivity contribution is 0.0696. The summed E-state index contributed by atoms with van der Waals surface area (Å²) >= 11 is 0. The molecule has 0 fully saturated rings. The predicted octanol–water partition coefficient (Wildman–Crippen LogP) is 3.12.